The number of halogens is 1. The van der Waals surface area contributed by atoms with Crippen LogP contribution < -0.4 is 20.1 Å². The van der Waals surface area contributed by atoms with Crippen LogP contribution in [-0.4, -0.2) is 35.1 Å². The largest absolute Gasteiger partial charge is 0.493 e. The summed E-state index contributed by atoms with van der Waals surface area (Å²) in [6.45, 7) is 3.98. The molecule has 3 rings (SSSR count). The van der Waals surface area contributed by atoms with Gasteiger partial charge < -0.3 is 15.4 Å². The van der Waals surface area contributed by atoms with Crippen LogP contribution in [0.4, 0.5) is 0 Å². The Morgan fingerprint density at radius 1 is 1.09 bits per heavy atom. The number of aryl methyl sites for hydroxylation is 1. The van der Waals surface area contributed by atoms with Crippen molar-refractivity contribution in [2.75, 3.05) is 20.7 Å². The first-order valence-corrected chi connectivity index (χ1v) is 12.2. The lowest BCUT2D eigenvalue weighted by molar-refractivity contribution is 0.296. The number of ether oxygens (including phenoxy) is 1. The minimum absolute atomic E-state index is 0. The fraction of sp³-hybridized carbons (Fsp3) is 0.435. The molecule has 0 bridgehead atoms. The summed E-state index contributed by atoms with van der Waals surface area (Å²) < 4.78 is 32.0. The van der Waals surface area contributed by atoms with E-state index < -0.39 is 10.0 Å². The zero-order valence-electron chi connectivity index (χ0n) is 18.8. The number of hydrogen-bond acceptors (Lipinski definition) is 4. The fourth-order valence-electron chi connectivity index (χ4n) is 3.14. The van der Waals surface area contributed by atoms with Crippen molar-refractivity contribution in [1.29, 1.82) is 0 Å². The van der Waals surface area contributed by atoms with Crippen molar-refractivity contribution in [3.05, 3.63) is 64.7 Å². The highest BCUT2D eigenvalue weighted by molar-refractivity contribution is 14.0. The van der Waals surface area contributed by atoms with Crippen molar-refractivity contribution in [1.82, 2.24) is 15.4 Å². The van der Waals surface area contributed by atoms with E-state index in [-0.39, 0.29) is 29.7 Å². The molecule has 0 aromatic heterocycles. The van der Waals surface area contributed by atoms with Crippen LogP contribution in [-0.2, 0) is 28.9 Å². The van der Waals surface area contributed by atoms with Gasteiger partial charge in [-0.2, -0.15) is 0 Å². The van der Waals surface area contributed by atoms with Gasteiger partial charge in [0.15, 0.2) is 5.96 Å². The quantitative estimate of drug-likeness (QED) is 0.231. The molecule has 32 heavy (non-hydrogen) atoms. The summed E-state index contributed by atoms with van der Waals surface area (Å²) in [6, 6.07) is 13.8. The second kappa shape index (κ2) is 12.4. The standard InChI is InChI=1S/C23H32N4O3S.HI/c1-17-7-10-21(22(11-17)30-15-18-8-9-18)14-27-23(24-2)26-13-19-5-4-6-20(12-19)16-31(28,29)25-3;/h4-7,10-12,18,25H,8-9,13-16H2,1-3H3,(H2,24,26,27);1H. The summed E-state index contributed by atoms with van der Waals surface area (Å²) >= 11 is 0. The molecular weight excluding hydrogens is 539 g/mol. The van der Waals surface area contributed by atoms with Crippen LogP contribution in [0, 0.1) is 12.8 Å². The fourth-order valence-corrected chi connectivity index (χ4v) is 3.90. The molecule has 176 valence electrons. The second-order valence-corrected chi connectivity index (χ2v) is 9.85. The van der Waals surface area contributed by atoms with E-state index in [1.807, 2.05) is 24.3 Å². The van der Waals surface area contributed by atoms with E-state index in [9.17, 15) is 8.42 Å². The lowest BCUT2D eigenvalue weighted by Crippen LogP contribution is -2.36. The van der Waals surface area contributed by atoms with Crippen molar-refractivity contribution in [2.24, 2.45) is 10.9 Å². The lowest BCUT2D eigenvalue weighted by atomic mass is 10.1. The summed E-state index contributed by atoms with van der Waals surface area (Å²) in [7, 11) is -0.146. The van der Waals surface area contributed by atoms with Crippen LogP contribution in [0.2, 0.25) is 0 Å². The normalized spacial score (nSPS) is 13.9. The van der Waals surface area contributed by atoms with Gasteiger partial charge in [-0.15, -0.1) is 24.0 Å². The lowest BCUT2D eigenvalue weighted by Gasteiger charge is -2.16. The summed E-state index contributed by atoms with van der Waals surface area (Å²) in [4.78, 5) is 4.29. The Morgan fingerprint density at radius 3 is 2.50 bits per heavy atom. The third kappa shape index (κ3) is 8.59. The molecule has 1 saturated carbocycles. The van der Waals surface area contributed by atoms with Crippen molar-refractivity contribution in [3.63, 3.8) is 0 Å². The van der Waals surface area contributed by atoms with Gasteiger partial charge in [0.1, 0.15) is 5.75 Å². The Hall–Kier alpha value is -1.85. The minimum atomic E-state index is -3.30. The number of sulfonamides is 1. The highest BCUT2D eigenvalue weighted by Gasteiger charge is 2.22. The molecule has 1 fully saturated rings. The average Bonchev–Trinajstić information content (AvgIpc) is 3.58. The molecule has 0 spiro atoms. The Bertz CT molecular complexity index is 1020. The van der Waals surface area contributed by atoms with E-state index in [1.54, 1.807) is 7.05 Å². The first-order valence-electron chi connectivity index (χ1n) is 10.5. The molecule has 0 heterocycles. The zero-order valence-corrected chi connectivity index (χ0v) is 22.0. The van der Waals surface area contributed by atoms with E-state index in [1.165, 1.54) is 25.5 Å². The number of rotatable bonds is 10. The molecule has 1 aliphatic rings. The van der Waals surface area contributed by atoms with E-state index in [0.29, 0.717) is 25.0 Å². The Balaban J connectivity index is 0.00000363. The number of hydrogen-bond donors (Lipinski definition) is 3. The molecule has 2 aromatic rings. The molecule has 1 aliphatic carbocycles. The third-order valence-electron chi connectivity index (χ3n) is 5.18. The predicted molar refractivity (Wildman–Crippen MR) is 140 cm³/mol. The smallest absolute Gasteiger partial charge is 0.215 e. The number of aliphatic imine (C=N–C) groups is 1. The molecule has 0 saturated heterocycles. The van der Waals surface area contributed by atoms with Crippen LogP contribution in [0.5, 0.6) is 5.75 Å². The van der Waals surface area contributed by atoms with Crippen molar-refractivity contribution < 1.29 is 13.2 Å². The maximum atomic E-state index is 11.8. The highest BCUT2D eigenvalue weighted by atomic mass is 127. The average molecular weight is 573 g/mol. The molecule has 2 aromatic carbocycles. The van der Waals surface area contributed by atoms with Gasteiger partial charge in [0.05, 0.1) is 12.4 Å². The van der Waals surface area contributed by atoms with Crippen molar-refractivity contribution in [2.45, 2.75) is 38.6 Å². The molecule has 0 aliphatic heterocycles. The van der Waals surface area contributed by atoms with Gasteiger partial charge in [0.25, 0.3) is 0 Å². The first kappa shape index (κ1) is 26.4. The SMILES string of the molecule is CN=C(NCc1cccc(CS(=O)(=O)NC)c1)NCc1ccc(C)cc1OCC1CC1.I. The number of nitrogens with one attached hydrogen (secondary N) is 3. The Labute approximate surface area is 208 Å². The molecule has 7 nitrogen and oxygen atoms in total. The van der Waals surface area contributed by atoms with Crippen LogP contribution in [0.1, 0.15) is 35.1 Å². The topological polar surface area (TPSA) is 91.8 Å². The Morgan fingerprint density at radius 2 is 1.81 bits per heavy atom. The van der Waals surface area contributed by atoms with Gasteiger partial charge in [0, 0.05) is 25.7 Å². The molecule has 9 heteroatoms. The van der Waals surface area contributed by atoms with Crippen LogP contribution >= 0.6 is 24.0 Å². The van der Waals surface area contributed by atoms with Gasteiger partial charge in [0.2, 0.25) is 10.0 Å². The van der Waals surface area contributed by atoms with Gasteiger partial charge in [-0.1, -0.05) is 36.4 Å². The first-order chi connectivity index (χ1) is 14.9. The molecule has 0 unspecified atom stereocenters. The summed E-state index contributed by atoms with van der Waals surface area (Å²) in [5.41, 5.74) is 4.00. The highest BCUT2D eigenvalue weighted by Crippen LogP contribution is 2.30. The molecule has 0 atom stereocenters. The number of benzene rings is 2. The van der Waals surface area contributed by atoms with Crippen LogP contribution in [0.25, 0.3) is 0 Å². The number of guanidine groups is 1. The van der Waals surface area contributed by atoms with E-state index >= 15 is 0 Å². The van der Waals surface area contributed by atoms with Crippen LogP contribution in [0.3, 0.4) is 0 Å². The van der Waals surface area contributed by atoms with Crippen molar-refractivity contribution in [3.8, 4) is 5.75 Å². The van der Waals surface area contributed by atoms with Gasteiger partial charge in [-0.3, -0.25) is 4.99 Å². The molecular formula is C23H33IN4O3S. The van der Waals surface area contributed by atoms with Crippen molar-refractivity contribution >= 4 is 40.0 Å². The summed E-state index contributed by atoms with van der Waals surface area (Å²) in [6.07, 6.45) is 2.52. The molecule has 0 radical (unpaired) electrons. The third-order valence-corrected chi connectivity index (χ3v) is 6.52. The van der Waals surface area contributed by atoms with Gasteiger partial charge in [-0.05, 0) is 55.5 Å². The van der Waals surface area contributed by atoms with Gasteiger partial charge >= 0.3 is 0 Å². The van der Waals surface area contributed by atoms with Crippen LogP contribution in [0.15, 0.2) is 47.5 Å². The molecule has 0 amide bonds. The maximum absolute atomic E-state index is 11.8. The van der Waals surface area contributed by atoms with E-state index in [0.717, 1.165) is 29.0 Å². The minimum Gasteiger partial charge on any atom is -0.493 e. The van der Waals surface area contributed by atoms with Gasteiger partial charge in [-0.25, -0.2) is 13.1 Å². The van der Waals surface area contributed by atoms with E-state index in [2.05, 4.69) is 45.5 Å². The maximum Gasteiger partial charge on any atom is 0.215 e. The second-order valence-electron chi connectivity index (χ2n) is 7.93. The summed E-state index contributed by atoms with van der Waals surface area (Å²) in [5, 5.41) is 6.62. The number of nitrogens with zero attached hydrogens (tertiary/aromatic N) is 1. The zero-order chi connectivity index (χ0) is 22.3. The Kier molecular flexibility index (Phi) is 10.2. The van der Waals surface area contributed by atoms with E-state index in [4.69, 9.17) is 4.74 Å². The molecule has 3 N–H and O–H groups in total. The monoisotopic (exact) mass is 572 g/mol. The predicted octanol–water partition coefficient (Wildman–Crippen LogP) is 3.32. The summed E-state index contributed by atoms with van der Waals surface area (Å²) in [5.74, 6) is 2.26.